The highest BCUT2D eigenvalue weighted by molar-refractivity contribution is 8.00. The van der Waals surface area contributed by atoms with E-state index in [2.05, 4.69) is 25.8 Å². The Morgan fingerprint density at radius 3 is 2.47 bits per heavy atom. The van der Waals surface area contributed by atoms with Gasteiger partial charge in [0.05, 0.1) is 11.6 Å². The lowest BCUT2D eigenvalue weighted by Crippen LogP contribution is -2.39. The van der Waals surface area contributed by atoms with Crippen molar-refractivity contribution in [3.8, 4) is 0 Å². The maximum absolute atomic E-state index is 9.42. The van der Waals surface area contributed by atoms with Crippen molar-refractivity contribution in [2.75, 3.05) is 6.61 Å². The molecule has 0 amide bonds. The normalized spacial score (nSPS) is 15.0. The SMILES string of the molecule is Cc1cc(C)nc(SC(CO)C(N)C(C)C)c1. The number of aryl methyl sites for hydroxylation is 2. The van der Waals surface area contributed by atoms with Gasteiger partial charge in [0.2, 0.25) is 0 Å². The van der Waals surface area contributed by atoms with Gasteiger partial charge in [-0.1, -0.05) is 25.6 Å². The van der Waals surface area contributed by atoms with E-state index in [1.165, 1.54) is 5.56 Å². The van der Waals surface area contributed by atoms with Crippen LogP contribution in [0.5, 0.6) is 0 Å². The molecule has 1 aromatic rings. The van der Waals surface area contributed by atoms with Gasteiger partial charge in [-0.2, -0.15) is 0 Å². The third-order valence-electron chi connectivity index (χ3n) is 2.73. The van der Waals surface area contributed by atoms with Crippen LogP contribution < -0.4 is 5.73 Å². The van der Waals surface area contributed by atoms with Gasteiger partial charge in [0.15, 0.2) is 0 Å². The molecule has 1 rings (SSSR count). The van der Waals surface area contributed by atoms with Crippen LogP contribution in [0.2, 0.25) is 0 Å². The molecule has 0 aliphatic carbocycles. The summed E-state index contributed by atoms with van der Waals surface area (Å²) in [4.78, 5) is 4.46. The van der Waals surface area contributed by atoms with Gasteiger partial charge < -0.3 is 10.8 Å². The Hall–Kier alpha value is -0.580. The molecule has 0 spiro atoms. The summed E-state index contributed by atoms with van der Waals surface area (Å²) in [5.41, 5.74) is 8.28. The monoisotopic (exact) mass is 254 g/mol. The number of pyridine rings is 1. The lowest BCUT2D eigenvalue weighted by molar-refractivity contribution is 0.269. The summed E-state index contributed by atoms with van der Waals surface area (Å²) >= 11 is 1.57. The van der Waals surface area contributed by atoms with Crippen LogP contribution in [0, 0.1) is 19.8 Å². The third-order valence-corrected chi connectivity index (χ3v) is 3.94. The highest BCUT2D eigenvalue weighted by atomic mass is 32.2. The molecular weight excluding hydrogens is 232 g/mol. The number of aromatic nitrogens is 1. The van der Waals surface area contributed by atoms with Crippen LogP contribution >= 0.6 is 11.8 Å². The molecule has 0 aliphatic heterocycles. The summed E-state index contributed by atoms with van der Waals surface area (Å²) in [5, 5.41) is 10.4. The number of nitrogens with two attached hydrogens (primary N) is 1. The fourth-order valence-electron chi connectivity index (χ4n) is 1.69. The fourth-order valence-corrected chi connectivity index (χ4v) is 2.99. The Balaban J connectivity index is 2.80. The standard InChI is InChI=1S/C13H22N2OS/c1-8(2)13(14)11(7-16)17-12-6-9(3)5-10(4)15-12/h5-6,8,11,13,16H,7,14H2,1-4H3. The molecule has 0 fully saturated rings. The van der Waals surface area contributed by atoms with Gasteiger partial charge in [0.1, 0.15) is 0 Å². The summed E-state index contributed by atoms with van der Waals surface area (Å²) < 4.78 is 0. The van der Waals surface area contributed by atoms with Gasteiger partial charge >= 0.3 is 0 Å². The average molecular weight is 254 g/mol. The van der Waals surface area contributed by atoms with Crippen molar-refractivity contribution in [1.82, 2.24) is 4.98 Å². The van der Waals surface area contributed by atoms with Gasteiger partial charge in [-0.25, -0.2) is 4.98 Å². The summed E-state index contributed by atoms with van der Waals surface area (Å²) in [6, 6.07) is 4.06. The first-order chi connectivity index (χ1) is 7.93. The van der Waals surface area contributed by atoms with E-state index in [-0.39, 0.29) is 17.9 Å². The number of aliphatic hydroxyl groups is 1. The van der Waals surface area contributed by atoms with Crippen molar-refractivity contribution in [2.45, 2.75) is 44.0 Å². The average Bonchev–Trinajstić information content (AvgIpc) is 2.23. The highest BCUT2D eigenvalue weighted by Crippen LogP contribution is 2.26. The van der Waals surface area contributed by atoms with E-state index < -0.39 is 0 Å². The van der Waals surface area contributed by atoms with E-state index in [0.29, 0.717) is 5.92 Å². The molecule has 0 saturated carbocycles. The molecule has 96 valence electrons. The molecule has 1 heterocycles. The first-order valence-corrected chi connectivity index (χ1v) is 6.80. The van der Waals surface area contributed by atoms with Crippen LogP contribution in [0.1, 0.15) is 25.1 Å². The Bertz CT molecular complexity index is 348. The molecule has 0 radical (unpaired) electrons. The van der Waals surface area contributed by atoms with Gasteiger partial charge in [0, 0.05) is 17.0 Å². The van der Waals surface area contributed by atoms with Crippen molar-refractivity contribution < 1.29 is 5.11 Å². The zero-order chi connectivity index (χ0) is 13.0. The maximum atomic E-state index is 9.42. The van der Waals surface area contributed by atoms with Crippen LogP contribution in [0.3, 0.4) is 0 Å². The van der Waals surface area contributed by atoms with Crippen LogP contribution in [-0.4, -0.2) is 28.0 Å². The second-order valence-corrected chi connectivity index (χ2v) is 6.04. The number of aliphatic hydroxyl groups excluding tert-OH is 1. The molecule has 4 heteroatoms. The zero-order valence-corrected chi connectivity index (χ0v) is 11.8. The molecule has 0 saturated heterocycles. The molecule has 1 aromatic heterocycles. The van der Waals surface area contributed by atoms with E-state index in [0.717, 1.165) is 10.7 Å². The first kappa shape index (κ1) is 14.5. The topological polar surface area (TPSA) is 59.1 Å². The molecule has 17 heavy (non-hydrogen) atoms. The van der Waals surface area contributed by atoms with E-state index in [9.17, 15) is 5.11 Å². The lowest BCUT2D eigenvalue weighted by Gasteiger charge is -2.24. The Morgan fingerprint density at radius 1 is 1.35 bits per heavy atom. The molecular formula is C13H22N2OS. The van der Waals surface area contributed by atoms with Crippen molar-refractivity contribution in [3.63, 3.8) is 0 Å². The molecule has 3 N–H and O–H groups in total. The lowest BCUT2D eigenvalue weighted by atomic mass is 10.0. The Kier molecular flexibility index (Phi) is 5.43. The van der Waals surface area contributed by atoms with E-state index in [1.807, 2.05) is 19.1 Å². The number of thioether (sulfide) groups is 1. The summed E-state index contributed by atoms with van der Waals surface area (Å²) in [5.74, 6) is 0.352. The van der Waals surface area contributed by atoms with Crippen LogP contribution in [0.4, 0.5) is 0 Å². The van der Waals surface area contributed by atoms with E-state index in [1.54, 1.807) is 11.8 Å². The summed E-state index contributed by atoms with van der Waals surface area (Å²) in [6.45, 7) is 8.26. The van der Waals surface area contributed by atoms with Gasteiger partial charge in [-0.15, -0.1) is 0 Å². The number of nitrogens with zero attached hydrogens (tertiary/aromatic N) is 1. The molecule has 2 atom stereocenters. The summed E-state index contributed by atoms with van der Waals surface area (Å²) in [6.07, 6.45) is 0. The maximum Gasteiger partial charge on any atom is 0.0969 e. The quantitative estimate of drug-likeness (QED) is 0.790. The van der Waals surface area contributed by atoms with Crippen molar-refractivity contribution in [2.24, 2.45) is 11.7 Å². The molecule has 2 unspecified atom stereocenters. The van der Waals surface area contributed by atoms with Crippen LogP contribution in [0.25, 0.3) is 0 Å². The predicted octanol–water partition coefficient (Wildman–Crippen LogP) is 2.13. The van der Waals surface area contributed by atoms with Crippen molar-refractivity contribution in [3.05, 3.63) is 23.4 Å². The molecule has 0 aromatic carbocycles. The van der Waals surface area contributed by atoms with Crippen LogP contribution in [-0.2, 0) is 0 Å². The van der Waals surface area contributed by atoms with Crippen LogP contribution in [0.15, 0.2) is 17.2 Å². The van der Waals surface area contributed by atoms with Gasteiger partial charge in [-0.05, 0) is 37.5 Å². The minimum Gasteiger partial charge on any atom is -0.395 e. The van der Waals surface area contributed by atoms with Crippen molar-refractivity contribution in [1.29, 1.82) is 0 Å². The second kappa shape index (κ2) is 6.38. The minimum atomic E-state index is -0.0207. The van der Waals surface area contributed by atoms with Gasteiger partial charge in [0.25, 0.3) is 0 Å². The first-order valence-electron chi connectivity index (χ1n) is 5.92. The predicted molar refractivity (Wildman–Crippen MR) is 73.3 cm³/mol. The Morgan fingerprint density at radius 2 is 2.00 bits per heavy atom. The summed E-state index contributed by atoms with van der Waals surface area (Å²) in [7, 11) is 0. The van der Waals surface area contributed by atoms with Crippen molar-refractivity contribution >= 4 is 11.8 Å². The van der Waals surface area contributed by atoms with Gasteiger partial charge in [-0.3, -0.25) is 0 Å². The smallest absolute Gasteiger partial charge is 0.0969 e. The molecule has 3 nitrogen and oxygen atoms in total. The van der Waals surface area contributed by atoms with E-state index >= 15 is 0 Å². The molecule has 0 aliphatic rings. The fraction of sp³-hybridized carbons (Fsp3) is 0.615. The number of hydrogen-bond acceptors (Lipinski definition) is 4. The van der Waals surface area contributed by atoms with E-state index in [4.69, 9.17) is 5.73 Å². The second-order valence-electron chi connectivity index (χ2n) is 4.78. The zero-order valence-electron chi connectivity index (χ0n) is 11.0. The third kappa shape index (κ3) is 4.30. The molecule has 0 bridgehead atoms. The largest absolute Gasteiger partial charge is 0.395 e. The minimum absolute atomic E-state index is 0.00343. The Labute approximate surface area is 108 Å². The highest BCUT2D eigenvalue weighted by Gasteiger charge is 2.21. The number of hydrogen-bond donors (Lipinski definition) is 2. The number of rotatable bonds is 5.